The third-order valence-corrected chi connectivity index (χ3v) is 2.34. The van der Waals surface area contributed by atoms with E-state index in [4.69, 9.17) is 5.73 Å². The zero-order valence-electron chi connectivity index (χ0n) is 7.16. The van der Waals surface area contributed by atoms with Crippen LogP contribution in [0, 0.1) is 6.92 Å². The van der Waals surface area contributed by atoms with E-state index in [1.54, 1.807) is 0 Å². The largest absolute Gasteiger partial charge is 0.324 e. The zero-order chi connectivity index (χ0) is 9.42. The Bertz CT molecular complexity index is 449. The molecule has 13 heavy (non-hydrogen) atoms. The maximum Gasteiger partial charge on any atom is 0.163 e. The Balaban J connectivity index is 2.82. The van der Waals surface area contributed by atoms with Gasteiger partial charge in [0.2, 0.25) is 0 Å². The highest BCUT2D eigenvalue weighted by Crippen LogP contribution is 2.16. The molecule has 0 radical (unpaired) electrons. The standard InChI is InChI=1S/C8H9BrN4/c1-5-2-6(9)4-13-7(3-10)11-12-8(5)13/h2,4H,3,10H2,1H3. The van der Waals surface area contributed by atoms with Crippen LogP contribution < -0.4 is 5.73 Å². The molecule has 2 rings (SSSR count). The van der Waals surface area contributed by atoms with Crippen molar-refractivity contribution >= 4 is 21.6 Å². The maximum atomic E-state index is 5.52. The Morgan fingerprint density at radius 3 is 3.00 bits per heavy atom. The Morgan fingerprint density at radius 1 is 1.54 bits per heavy atom. The summed E-state index contributed by atoms with van der Waals surface area (Å²) in [6.45, 7) is 2.39. The summed E-state index contributed by atoms with van der Waals surface area (Å²) < 4.78 is 2.91. The molecule has 0 aliphatic heterocycles. The van der Waals surface area contributed by atoms with Gasteiger partial charge in [-0.15, -0.1) is 10.2 Å². The van der Waals surface area contributed by atoms with E-state index in [9.17, 15) is 0 Å². The van der Waals surface area contributed by atoms with Gasteiger partial charge >= 0.3 is 0 Å². The third-order valence-electron chi connectivity index (χ3n) is 1.91. The van der Waals surface area contributed by atoms with Crippen LogP contribution in [-0.4, -0.2) is 14.6 Å². The Hall–Kier alpha value is -0.940. The summed E-state index contributed by atoms with van der Waals surface area (Å²) in [6, 6.07) is 2.00. The highest BCUT2D eigenvalue weighted by atomic mass is 79.9. The minimum absolute atomic E-state index is 0.400. The van der Waals surface area contributed by atoms with E-state index in [2.05, 4.69) is 26.1 Å². The van der Waals surface area contributed by atoms with Gasteiger partial charge in [-0.25, -0.2) is 0 Å². The summed E-state index contributed by atoms with van der Waals surface area (Å²) in [5, 5.41) is 8.03. The predicted molar refractivity (Wildman–Crippen MR) is 53.3 cm³/mol. The average molecular weight is 241 g/mol. The summed E-state index contributed by atoms with van der Waals surface area (Å²) >= 11 is 3.41. The first-order valence-electron chi connectivity index (χ1n) is 3.92. The molecule has 0 aliphatic rings. The maximum absolute atomic E-state index is 5.52. The molecular formula is C8H9BrN4. The Labute approximate surface area is 83.9 Å². The molecule has 5 heteroatoms. The van der Waals surface area contributed by atoms with Crippen molar-refractivity contribution in [1.29, 1.82) is 0 Å². The molecule has 0 saturated heterocycles. The van der Waals surface area contributed by atoms with E-state index in [0.717, 1.165) is 21.5 Å². The molecule has 0 aliphatic carbocycles. The fourth-order valence-electron chi connectivity index (χ4n) is 1.30. The van der Waals surface area contributed by atoms with E-state index < -0.39 is 0 Å². The second-order valence-corrected chi connectivity index (χ2v) is 3.77. The molecule has 0 saturated carbocycles. The minimum Gasteiger partial charge on any atom is -0.324 e. The smallest absolute Gasteiger partial charge is 0.163 e. The van der Waals surface area contributed by atoms with Crippen molar-refractivity contribution in [2.45, 2.75) is 13.5 Å². The summed E-state index contributed by atoms with van der Waals surface area (Å²) in [7, 11) is 0. The molecule has 68 valence electrons. The van der Waals surface area contributed by atoms with Crippen LogP contribution in [0.3, 0.4) is 0 Å². The van der Waals surface area contributed by atoms with Crippen molar-refractivity contribution in [3.05, 3.63) is 28.1 Å². The molecule has 2 N–H and O–H groups in total. The monoisotopic (exact) mass is 240 g/mol. The molecule has 0 atom stereocenters. The average Bonchev–Trinajstić information content (AvgIpc) is 2.47. The normalized spacial score (nSPS) is 11.0. The number of halogens is 1. The third kappa shape index (κ3) is 1.34. The van der Waals surface area contributed by atoms with Gasteiger partial charge < -0.3 is 5.73 Å². The summed E-state index contributed by atoms with van der Waals surface area (Å²) in [4.78, 5) is 0. The Kier molecular flexibility index (Phi) is 2.05. The van der Waals surface area contributed by atoms with Crippen LogP contribution in [0.2, 0.25) is 0 Å². The van der Waals surface area contributed by atoms with E-state index in [1.807, 2.05) is 23.6 Å². The van der Waals surface area contributed by atoms with E-state index in [-0.39, 0.29) is 0 Å². The number of rotatable bonds is 1. The predicted octanol–water partition coefficient (Wildman–Crippen LogP) is 1.26. The Morgan fingerprint density at radius 2 is 2.31 bits per heavy atom. The SMILES string of the molecule is Cc1cc(Br)cn2c(CN)nnc12. The fraction of sp³-hybridized carbons (Fsp3) is 0.250. The quantitative estimate of drug-likeness (QED) is 0.817. The van der Waals surface area contributed by atoms with Gasteiger partial charge in [-0.1, -0.05) is 0 Å². The van der Waals surface area contributed by atoms with Gasteiger partial charge in [0, 0.05) is 10.7 Å². The zero-order valence-corrected chi connectivity index (χ0v) is 8.74. The molecule has 2 aromatic heterocycles. The van der Waals surface area contributed by atoms with Gasteiger partial charge in [-0.2, -0.15) is 0 Å². The van der Waals surface area contributed by atoms with Crippen LogP contribution in [0.15, 0.2) is 16.7 Å². The van der Waals surface area contributed by atoms with Gasteiger partial charge in [-0.3, -0.25) is 4.40 Å². The highest BCUT2D eigenvalue weighted by Gasteiger charge is 2.06. The number of fused-ring (bicyclic) bond motifs is 1. The number of aryl methyl sites for hydroxylation is 1. The molecule has 0 aromatic carbocycles. The summed E-state index contributed by atoms with van der Waals surface area (Å²) in [6.07, 6.45) is 1.92. The molecule has 2 aromatic rings. The van der Waals surface area contributed by atoms with Crippen LogP contribution in [0.4, 0.5) is 0 Å². The molecule has 2 heterocycles. The second kappa shape index (κ2) is 3.08. The van der Waals surface area contributed by atoms with Gasteiger partial charge in [-0.05, 0) is 34.5 Å². The van der Waals surface area contributed by atoms with Crippen molar-refractivity contribution < 1.29 is 0 Å². The lowest BCUT2D eigenvalue weighted by molar-refractivity contribution is 0.881. The van der Waals surface area contributed by atoms with Crippen molar-refractivity contribution in [2.75, 3.05) is 0 Å². The number of hydrogen-bond donors (Lipinski definition) is 1. The van der Waals surface area contributed by atoms with E-state index >= 15 is 0 Å². The molecule has 0 fully saturated rings. The van der Waals surface area contributed by atoms with Crippen LogP contribution in [-0.2, 0) is 6.54 Å². The van der Waals surface area contributed by atoms with Gasteiger partial charge in [0.1, 0.15) is 0 Å². The van der Waals surface area contributed by atoms with Crippen molar-refractivity contribution in [1.82, 2.24) is 14.6 Å². The summed E-state index contributed by atoms with van der Waals surface area (Å²) in [5.74, 6) is 0.777. The lowest BCUT2D eigenvalue weighted by Gasteiger charge is -2.00. The van der Waals surface area contributed by atoms with Crippen LogP contribution in [0.25, 0.3) is 5.65 Å². The fourth-order valence-corrected chi connectivity index (χ4v) is 1.85. The molecule has 0 amide bonds. The first kappa shape index (κ1) is 8.65. The van der Waals surface area contributed by atoms with Crippen molar-refractivity contribution in [3.8, 4) is 0 Å². The van der Waals surface area contributed by atoms with Crippen LogP contribution in [0.1, 0.15) is 11.4 Å². The second-order valence-electron chi connectivity index (χ2n) is 2.86. The number of nitrogens with two attached hydrogens (primary N) is 1. The lowest BCUT2D eigenvalue weighted by atomic mass is 10.3. The highest BCUT2D eigenvalue weighted by molar-refractivity contribution is 9.10. The number of nitrogens with zero attached hydrogens (tertiary/aromatic N) is 3. The summed E-state index contributed by atoms with van der Waals surface area (Å²) in [5.41, 5.74) is 7.47. The van der Waals surface area contributed by atoms with Crippen LogP contribution >= 0.6 is 15.9 Å². The molecule has 0 spiro atoms. The number of aromatic nitrogens is 3. The topological polar surface area (TPSA) is 56.2 Å². The van der Waals surface area contributed by atoms with Gasteiger partial charge in [0.25, 0.3) is 0 Å². The van der Waals surface area contributed by atoms with Crippen molar-refractivity contribution in [2.24, 2.45) is 5.73 Å². The first-order chi connectivity index (χ1) is 6.22. The number of pyridine rings is 1. The lowest BCUT2D eigenvalue weighted by Crippen LogP contribution is -2.02. The van der Waals surface area contributed by atoms with Crippen LogP contribution in [0.5, 0.6) is 0 Å². The molecule has 0 bridgehead atoms. The van der Waals surface area contributed by atoms with E-state index in [0.29, 0.717) is 6.54 Å². The molecule has 4 nitrogen and oxygen atoms in total. The minimum atomic E-state index is 0.400. The van der Waals surface area contributed by atoms with Gasteiger partial charge in [0.15, 0.2) is 11.5 Å². The molecule has 0 unspecified atom stereocenters. The number of hydrogen-bond acceptors (Lipinski definition) is 3. The molecular weight excluding hydrogens is 232 g/mol. The first-order valence-corrected chi connectivity index (χ1v) is 4.71. The van der Waals surface area contributed by atoms with Gasteiger partial charge in [0.05, 0.1) is 6.54 Å². The van der Waals surface area contributed by atoms with Crippen molar-refractivity contribution in [3.63, 3.8) is 0 Å². The van der Waals surface area contributed by atoms with E-state index in [1.165, 1.54) is 0 Å².